The normalized spacial score (nSPS) is 13.1. The fourth-order valence-electron chi connectivity index (χ4n) is 2.03. The topological polar surface area (TPSA) is 30.5 Å². The van der Waals surface area contributed by atoms with E-state index in [0.29, 0.717) is 17.9 Å². The number of methoxy groups -OCH3 is 2. The highest BCUT2D eigenvalue weighted by molar-refractivity contribution is 6.33. The Morgan fingerprint density at radius 1 is 1.24 bits per heavy atom. The van der Waals surface area contributed by atoms with Gasteiger partial charge in [0.05, 0.1) is 20.6 Å². The van der Waals surface area contributed by atoms with Crippen LogP contribution in [-0.4, -0.2) is 26.9 Å². The average molecular weight is 326 g/mol. The first-order chi connectivity index (χ1) is 9.84. The van der Waals surface area contributed by atoms with E-state index in [0.717, 1.165) is 6.42 Å². The van der Waals surface area contributed by atoms with Crippen molar-refractivity contribution in [2.75, 3.05) is 20.8 Å². The third-order valence-electron chi connectivity index (χ3n) is 2.97. The molecule has 1 aromatic carbocycles. The molecule has 7 heteroatoms. The molecule has 1 unspecified atom stereocenters. The number of hydrogen-bond donors (Lipinski definition) is 1. The van der Waals surface area contributed by atoms with Crippen molar-refractivity contribution in [3.63, 3.8) is 0 Å². The van der Waals surface area contributed by atoms with Crippen LogP contribution in [0.2, 0.25) is 5.02 Å². The van der Waals surface area contributed by atoms with Crippen LogP contribution in [0.5, 0.6) is 11.5 Å². The molecule has 3 nitrogen and oxygen atoms in total. The van der Waals surface area contributed by atoms with Gasteiger partial charge in [0.15, 0.2) is 0 Å². The van der Waals surface area contributed by atoms with E-state index in [4.69, 9.17) is 21.1 Å². The molecule has 1 atom stereocenters. The lowest BCUT2D eigenvalue weighted by Crippen LogP contribution is -2.27. The minimum absolute atomic E-state index is 0.169. The van der Waals surface area contributed by atoms with Crippen LogP contribution in [0.25, 0.3) is 0 Å². The van der Waals surface area contributed by atoms with Gasteiger partial charge in [-0.25, -0.2) is 0 Å². The standard InChI is InChI=1S/C14H19ClF3NO2/c1-4-7-19-10(8-14(16,17)18)9-5-6-11(20-2)12(15)13(9)21-3/h5-6,10,19H,4,7-8H2,1-3H3. The predicted octanol–water partition coefficient (Wildman–Crippen LogP) is 4.35. The minimum Gasteiger partial charge on any atom is -0.495 e. The van der Waals surface area contributed by atoms with Gasteiger partial charge in [-0.15, -0.1) is 0 Å². The molecular formula is C14H19ClF3NO2. The number of alkyl halides is 3. The van der Waals surface area contributed by atoms with Gasteiger partial charge in [-0.05, 0) is 25.1 Å². The van der Waals surface area contributed by atoms with Gasteiger partial charge in [-0.1, -0.05) is 18.5 Å². The maximum atomic E-state index is 12.8. The van der Waals surface area contributed by atoms with Crippen LogP contribution in [0, 0.1) is 0 Å². The van der Waals surface area contributed by atoms with Crippen molar-refractivity contribution in [1.29, 1.82) is 0 Å². The van der Waals surface area contributed by atoms with Gasteiger partial charge in [0.25, 0.3) is 0 Å². The molecule has 0 aromatic heterocycles. The fraction of sp³-hybridized carbons (Fsp3) is 0.571. The molecule has 1 N–H and O–H groups in total. The summed E-state index contributed by atoms with van der Waals surface area (Å²) in [6, 6.07) is 2.17. The number of rotatable bonds is 7. The lowest BCUT2D eigenvalue weighted by atomic mass is 10.0. The van der Waals surface area contributed by atoms with Crippen molar-refractivity contribution in [3.05, 3.63) is 22.7 Å². The molecule has 0 aliphatic carbocycles. The Bertz CT molecular complexity index is 466. The van der Waals surface area contributed by atoms with Gasteiger partial charge in [-0.2, -0.15) is 13.2 Å². The molecule has 0 spiro atoms. The third-order valence-corrected chi connectivity index (χ3v) is 3.33. The summed E-state index contributed by atoms with van der Waals surface area (Å²) in [4.78, 5) is 0. The fourth-order valence-corrected chi connectivity index (χ4v) is 2.36. The van der Waals surface area contributed by atoms with E-state index in [9.17, 15) is 13.2 Å². The van der Waals surface area contributed by atoms with E-state index in [-0.39, 0.29) is 10.8 Å². The van der Waals surface area contributed by atoms with E-state index in [1.165, 1.54) is 20.3 Å². The number of hydrogen-bond acceptors (Lipinski definition) is 3. The maximum Gasteiger partial charge on any atom is 0.390 e. The predicted molar refractivity (Wildman–Crippen MR) is 76.3 cm³/mol. The average Bonchev–Trinajstić information content (AvgIpc) is 2.41. The van der Waals surface area contributed by atoms with Crippen molar-refractivity contribution >= 4 is 11.6 Å². The summed E-state index contributed by atoms with van der Waals surface area (Å²) in [6.07, 6.45) is -4.56. The second-order valence-corrected chi connectivity index (χ2v) is 4.91. The summed E-state index contributed by atoms with van der Waals surface area (Å²) >= 11 is 6.10. The van der Waals surface area contributed by atoms with Crippen LogP contribution in [0.1, 0.15) is 31.4 Å². The van der Waals surface area contributed by atoms with Crippen molar-refractivity contribution < 1.29 is 22.6 Å². The van der Waals surface area contributed by atoms with Crippen LogP contribution in [-0.2, 0) is 0 Å². The Hall–Kier alpha value is -1.14. The summed E-state index contributed by atoms with van der Waals surface area (Å²) in [6.45, 7) is 2.35. The van der Waals surface area contributed by atoms with Crippen LogP contribution >= 0.6 is 11.6 Å². The molecule has 0 heterocycles. The van der Waals surface area contributed by atoms with E-state index in [2.05, 4.69) is 5.32 Å². The quantitative estimate of drug-likeness (QED) is 0.808. The van der Waals surface area contributed by atoms with Crippen LogP contribution in [0.15, 0.2) is 12.1 Å². The number of ether oxygens (including phenoxy) is 2. The zero-order valence-electron chi connectivity index (χ0n) is 12.2. The largest absolute Gasteiger partial charge is 0.495 e. The van der Waals surface area contributed by atoms with Gasteiger partial charge in [0, 0.05) is 11.6 Å². The van der Waals surface area contributed by atoms with Gasteiger partial charge >= 0.3 is 6.18 Å². The van der Waals surface area contributed by atoms with Crippen LogP contribution < -0.4 is 14.8 Å². The highest BCUT2D eigenvalue weighted by Crippen LogP contribution is 2.42. The molecule has 0 radical (unpaired) electrons. The first kappa shape index (κ1) is 17.9. The second kappa shape index (κ2) is 7.75. The zero-order valence-corrected chi connectivity index (χ0v) is 12.9. The smallest absolute Gasteiger partial charge is 0.390 e. The van der Waals surface area contributed by atoms with Gasteiger partial charge in [0.1, 0.15) is 16.5 Å². The molecular weight excluding hydrogens is 307 g/mol. The van der Waals surface area contributed by atoms with Gasteiger partial charge in [-0.3, -0.25) is 0 Å². The molecule has 1 rings (SSSR count). The molecule has 0 bridgehead atoms. The maximum absolute atomic E-state index is 12.8. The number of benzene rings is 1. The van der Waals surface area contributed by atoms with Crippen LogP contribution in [0.4, 0.5) is 13.2 Å². The summed E-state index contributed by atoms with van der Waals surface area (Å²) < 4.78 is 48.5. The van der Waals surface area contributed by atoms with Gasteiger partial charge in [0.2, 0.25) is 0 Å². The van der Waals surface area contributed by atoms with E-state index >= 15 is 0 Å². The van der Waals surface area contributed by atoms with Crippen LogP contribution in [0.3, 0.4) is 0 Å². The Kier molecular flexibility index (Phi) is 6.61. The first-order valence-electron chi connectivity index (χ1n) is 6.54. The molecule has 0 saturated heterocycles. The van der Waals surface area contributed by atoms with Crippen molar-refractivity contribution in [3.8, 4) is 11.5 Å². The van der Waals surface area contributed by atoms with E-state index in [1.807, 2.05) is 6.92 Å². The molecule has 120 valence electrons. The van der Waals surface area contributed by atoms with Crippen molar-refractivity contribution in [2.24, 2.45) is 0 Å². The van der Waals surface area contributed by atoms with Gasteiger partial charge < -0.3 is 14.8 Å². The molecule has 21 heavy (non-hydrogen) atoms. The lowest BCUT2D eigenvalue weighted by Gasteiger charge is -2.23. The summed E-state index contributed by atoms with van der Waals surface area (Å²) in [5.74, 6) is 0.562. The van der Waals surface area contributed by atoms with E-state index < -0.39 is 18.6 Å². The number of nitrogens with one attached hydrogen (secondary N) is 1. The Labute approximate surface area is 127 Å². The molecule has 0 aliphatic heterocycles. The lowest BCUT2D eigenvalue weighted by molar-refractivity contribution is -0.140. The minimum atomic E-state index is -4.29. The van der Waals surface area contributed by atoms with Crippen molar-refractivity contribution in [1.82, 2.24) is 5.32 Å². The molecule has 0 saturated carbocycles. The molecule has 0 amide bonds. The Balaban J connectivity index is 3.19. The molecule has 0 aliphatic rings. The highest BCUT2D eigenvalue weighted by atomic mass is 35.5. The first-order valence-corrected chi connectivity index (χ1v) is 6.92. The highest BCUT2D eigenvalue weighted by Gasteiger charge is 2.34. The SMILES string of the molecule is CCCNC(CC(F)(F)F)c1ccc(OC)c(Cl)c1OC. The summed E-state index contributed by atoms with van der Waals surface area (Å²) in [5, 5.41) is 3.05. The Morgan fingerprint density at radius 3 is 2.38 bits per heavy atom. The zero-order chi connectivity index (χ0) is 16.0. The third kappa shape index (κ3) is 4.97. The summed E-state index contributed by atoms with van der Waals surface area (Å²) in [7, 11) is 2.80. The molecule has 1 aromatic rings. The van der Waals surface area contributed by atoms with Crippen molar-refractivity contribution in [2.45, 2.75) is 32.0 Å². The number of halogens is 4. The van der Waals surface area contributed by atoms with E-state index in [1.54, 1.807) is 6.07 Å². The summed E-state index contributed by atoms with van der Waals surface area (Å²) in [5.41, 5.74) is 0.370. The second-order valence-electron chi connectivity index (χ2n) is 4.53. The molecule has 0 fully saturated rings. The Morgan fingerprint density at radius 2 is 1.90 bits per heavy atom. The monoisotopic (exact) mass is 325 g/mol.